The third-order valence-corrected chi connectivity index (χ3v) is 7.38. The molecule has 176 valence electrons. The number of piperidine rings is 1. The summed E-state index contributed by atoms with van der Waals surface area (Å²) in [6.45, 7) is 0.110. The van der Waals surface area contributed by atoms with Crippen molar-refractivity contribution < 1.29 is 26.3 Å². The lowest BCUT2D eigenvalue weighted by atomic mass is 10.1. The van der Waals surface area contributed by atoms with Crippen molar-refractivity contribution in [1.29, 1.82) is 0 Å². The molecule has 2 aromatic carbocycles. The molecular weight excluding hydrogens is 461 g/mol. The number of alkyl halides is 3. The van der Waals surface area contributed by atoms with Crippen LogP contribution in [0.5, 0.6) is 11.5 Å². The number of sulfonamides is 1. The molecule has 0 aliphatic carbocycles. The Bertz CT molecular complexity index is 1280. The van der Waals surface area contributed by atoms with Crippen molar-refractivity contribution in [3.63, 3.8) is 0 Å². The molecule has 12 heteroatoms. The van der Waals surface area contributed by atoms with Crippen LogP contribution in [0.2, 0.25) is 0 Å². The Labute approximate surface area is 187 Å². The Hall–Kier alpha value is -3.12. The van der Waals surface area contributed by atoms with Gasteiger partial charge in [0.15, 0.2) is 0 Å². The van der Waals surface area contributed by atoms with Crippen molar-refractivity contribution in [2.24, 2.45) is 7.05 Å². The van der Waals surface area contributed by atoms with Gasteiger partial charge in [0.25, 0.3) is 0 Å². The van der Waals surface area contributed by atoms with Crippen molar-refractivity contribution in [3.8, 4) is 11.5 Å². The molecule has 0 radical (unpaired) electrons. The smallest absolute Gasteiger partial charge is 0.451 e. The topological polar surface area (TPSA) is 86.4 Å². The quantitative estimate of drug-likeness (QED) is 0.556. The van der Waals surface area contributed by atoms with E-state index < -0.39 is 33.8 Å². The highest BCUT2D eigenvalue weighted by molar-refractivity contribution is 7.89. The highest BCUT2D eigenvalue weighted by Gasteiger charge is 2.39. The molecule has 2 heterocycles. The van der Waals surface area contributed by atoms with Crippen LogP contribution in [-0.4, -0.2) is 40.2 Å². The summed E-state index contributed by atoms with van der Waals surface area (Å²) in [6, 6.07) is 14.4. The molecule has 1 aromatic heterocycles. The molecule has 0 saturated carbocycles. The highest BCUT2D eigenvalue weighted by Crippen LogP contribution is 2.30. The van der Waals surface area contributed by atoms with Crippen molar-refractivity contribution in [1.82, 2.24) is 18.7 Å². The van der Waals surface area contributed by atoms with E-state index in [4.69, 9.17) is 4.74 Å². The van der Waals surface area contributed by atoms with Crippen molar-refractivity contribution in [2.45, 2.75) is 30.0 Å². The van der Waals surface area contributed by atoms with Gasteiger partial charge in [0, 0.05) is 20.1 Å². The SMILES string of the molecule is Cn1c(C(F)(F)F)nn(C2CCN(S(=O)(=O)c3ccc(Oc4ccccc4)cc3)CC2)c1=O. The van der Waals surface area contributed by atoms with E-state index in [0.29, 0.717) is 16.1 Å². The van der Waals surface area contributed by atoms with Crippen molar-refractivity contribution in [3.05, 3.63) is 70.9 Å². The Morgan fingerprint density at radius 2 is 1.55 bits per heavy atom. The number of rotatable bonds is 5. The zero-order valence-electron chi connectivity index (χ0n) is 17.6. The van der Waals surface area contributed by atoms with Crippen molar-refractivity contribution >= 4 is 10.0 Å². The van der Waals surface area contributed by atoms with Gasteiger partial charge in [-0.3, -0.25) is 4.57 Å². The number of ether oxygens (including phenoxy) is 1. The zero-order chi connectivity index (χ0) is 23.8. The summed E-state index contributed by atoms with van der Waals surface area (Å²) in [5.41, 5.74) is -0.877. The molecule has 0 spiro atoms. The summed E-state index contributed by atoms with van der Waals surface area (Å²) >= 11 is 0. The lowest BCUT2D eigenvalue weighted by Gasteiger charge is -2.30. The Morgan fingerprint density at radius 1 is 0.970 bits per heavy atom. The molecule has 1 fully saturated rings. The third kappa shape index (κ3) is 4.67. The number of benzene rings is 2. The Morgan fingerprint density at radius 3 is 2.09 bits per heavy atom. The Balaban J connectivity index is 1.45. The number of para-hydroxylation sites is 1. The lowest BCUT2D eigenvalue weighted by Crippen LogP contribution is -2.41. The first-order valence-corrected chi connectivity index (χ1v) is 11.6. The summed E-state index contributed by atoms with van der Waals surface area (Å²) in [5, 5.41) is 3.45. The molecule has 1 aliphatic heterocycles. The van der Waals surface area contributed by atoms with E-state index in [9.17, 15) is 26.4 Å². The minimum Gasteiger partial charge on any atom is -0.457 e. The van der Waals surface area contributed by atoms with E-state index in [2.05, 4.69) is 5.10 Å². The van der Waals surface area contributed by atoms with Gasteiger partial charge in [0.05, 0.1) is 10.9 Å². The van der Waals surface area contributed by atoms with Crippen LogP contribution in [0, 0.1) is 0 Å². The molecule has 0 amide bonds. The van der Waals surface area contributed by atoms with Gasteiger partial charge in [-0.2, -0.15) is 17.5 Å². The van der Waals surface area contributed by atoms with Crippen LogP contribution in [0.3, 0.4) is 0 Å². The number of halogens is 3. The first kappa shape index (κ1) is 23.1. The number of hydrogen-bond donors (Lipinski definition) is 0. The van der Waals surface area contributed by atoms with Crippen LogP contribution in [0.4, 0.5) is 13.2 Å². The predicted octanol–water partition coefficient (Wildman–Crippen LogP) is 3.42. The largest absolute Gasteiger partial charge is 0.457 e. The molecule has 0 bridgehead atoms. The molecular formula is C21H21F3N4O4S. The highest BCUT2D eigenvalue weighted by atomic mass is 32.2. The van der Waals surface area contributed by atoms with Gasteiger partial charge in [-0.05, 0) is 49.2 Å². The standard InChI is InChI=1S/C21H21F3N4O4S/c1-26-19(21(22,23)24)25-28(20(26)29)15-11-13-27(14-12-15)33(30,31)18-9-7-17(8-10-18)32-16-5-3-2-4-6-16/h2-10,15H,11-14H2,1H3. The molecule has 1 aliphatic rings. The van der Waals surface area contributed by atoms with E-state index in [-0.39, 0.29) is 30.8 Å². The van der Waals surface area contributed by atoms with Gasteiger partial charge in [0.1, 0.15) is 11.5 Å². The van der Waals surface area contributed by atoms with E-state index in [1.54, 1.807) is 24.3 Å². The average Bonchev–Trinajstić information content (AvgIpc) is 3.10. The van der Waals surface area contributed by atoms with Crippen LogP contribution in [0.1, 0.15) is 24.7 Å². The molecule has 0 atom stereocenters. The first-order valence-electron chi connectivity index (χ1n) is 10.1. The summed E-state index contributed by atoms with van der Waals surface area (Å²) in [5.74, 6) is -0.178. The van der Waals surface area contributed by atoms with Crippen LogP contribution >= 0.6 is 0 Å². The molecule has 8 nitrogen and oxygen atoms in total. The maximum Gasteiger partial charge on any atom is 0.451 e. The average molecular weight is 482 g/mol. The summed E-state index contributed by atoms with van der Waals surface area (Å²) in [4.78, 5) is 12.3. The van der Waals surface area contributed by atoms with E-state index in [1.807, 2.05) is 18.2 Å². The van der Waals surface area contributed by atoms with E-state index in [1.165, 1.54) is 16.4 Å². The maximum atomic E-state index is 13.0. The second-order valence-corrected chi connectivity index (χ2v) is 9.57. The fourth-order valence-corrected chi connectivity index (χ4v) is 5.19. The fraction of sp³-hybridized carbons (Fsp3) is 0.333. The lowest BCUT2D eigenvalue weighted by molar-refractivity contribution is -0.147. The molecule has 33 heavy (non-hydrogen) atoms. The minimum absolute atomic E-state index is 0.0552. The fourth-order valence-electron chi connectivity index (χ4n) is 3.72. The Kier molecular flexibility index (Phi) is 6.06. The van der Waals surface area contributed by atoms with Crippen molar-refractivity contribution in [2.75, 3.05) is 13.1 Å². The van der Waals surface area contributed by atoms with Crippen LogP contribution in [0.25, 0.3) is 0 Å². The molecule has 0 unspecified atom stereocenters. The van der Waals surface area contributed by atoms with Gasteiger partial charge in [-0.15, -0.1) is 5.10 Å². The van der Waals surface area contributed by atoms with Gasteiger partial charge in [-0.25, -0.2) is 17.9 Å². The monoisotopic (exact) mass is 482 g/mol. The third-order valence-electron chi connectivity index (χ3n) is 5.47. The molecule has 4 rings (SSSR count). The van der Waals surface area contributed by atoms with Gasteiger partial charge >= 0.3 is 11.9 Å². The predicted molar refractivity (Wildman–Crippen MR) is 112 cm³/mol. The maximum absolute atomic E-state index is 13.0. The summed E-state index contributed by atoms with van der Waals surface area (Å²) < 4.78 is 73.3. The van der Waals surface area contributed by atoms with Crippen LogP contribution < -0.4 is 10.4 Å². The molecule has 3 aromatic rings. The molecule has 0 N–H and O–H groups in total. The van der Waals surface area contributed by atoms with E-state index >= 15 is 0 Å². The normalized spacial score (nSPS) is 16.1. The van der Waals surface area contributed by atoms with Crippen LogP contribution in [0.15, 0.2) is 64.3 Å². The number of aromatic nitrogens is 3. The first-order chi connectivity index (χ1) is 15.6. The van der Waals surface area contributed by atoms with Gasteiger partial charge < -0.3 is 4.74 Å². The minimum atomic E-state index is -4.75. The van der Waals surface area contributed by atoms with E-state index in [0.717, 1.165) is 11.7 Å². The number of hydrogen-bond acceptors (Lipinski definition) is 5. The van der Waals surface area contributed by atoms with Gasteiger partial charge in [0.2, 0.25) is 15.8 Å². The van der Waals surface area contributed by atoms with Gasteiger partial charge in [-0.1, -0.05) is 18.2 Å². The zero-order valence-corrected chi connectivity index (χ0v) is 18.4. The second kappa shape index (κ2) is 8.67. The number of nitrogens with zero attached hydrogens (tertiary/aromatic N) is 4. The van der Waals surface area contributed by atoms with Crippen LogP contribution in [-0.2, 0) is 23.2 Å². The summed E-state index contributed by atoms with van der Waals surface area (Å²) in [6.07, 6.45) is -4.41. The summed E-state index contributed by atoms with van der Waals surface area (Å²) in [7, 11) is -2.80. The second-order valence-electron chi connectivity index (χ2n) is 7.63. The molecule has 1 saturated heterocycles.